The third-order valence-electron chi connectivity index (χ3n) is 19.2. The van der Waals surface area contributed by atoms with Crippen molar-refractivity contribution >= 4 is 148 Å². The van der Waals surface area contributed by atoms with E-state index in [2.05, 4.69) is 50.8 Å². The van der Waals surface area contributed by atoms with E-state index < -0.39 is 112 Å². The number of aryl methyl sites for hydroxylation is 1. The van der Waals surface area contributed by atoms with Crippen LogP contribution in [0.25, 0.3) is 22.3 Å². The SMILES string of the molecule is CCc1ccc(C(=O)Nc2ccn([C@@H]3O[C@@H]4COP(=S)(Oc5ccccc5Cl)OC4C3O)c(=O)n2)cc1.O=C(Nc1ncnc2c1ncn2[C@@H]1O[C@@H]2COP(=S)(Oc3ccccc3Cl)OC2C1O)c1ccccc1.O=C(Nc1ncnc2c1ncn2[C@@H]1O[C@@H]2COP(=S)(Oc3ccccc3Cl)OC2C1OC1CCCCO1)c1ccccc1. The molecule has 117 heavy (non-hydrogen) atoms. The van der Waals surface area contributed by atoms with Gasteiger partial charge in [0, 0.05) is 64.9 Å². The number of aliphatic hydroxyl groups excluding tert-OH is 2. The molecule has 7 fully saturated rings. The number of carbonyl (C=O) groups is 3. The molecule has 18 rings (SSSR count). The number of nitrogens with one attached hydrogen (secondary N) is 3. The number of amides is 3. The second-order valence-corrected chi connectivity index (χ2v) is 36.7. The number of ether oxygens (including phenoxy) is 5. The molecule has 5 aromatic heterocycles. The Kier molecular flexibility index (Phi) is 25.1. The molecule has 10 unspecified atom stereocenters. The Balaban J connectivity index is 0.000000132. The second-order valence-electron chi connectivity index (χ2n) is 26.8. The van der Waals surface area contributed by atoms with Gasteiger partial charge in [-0.1, -0.05) is 127 Å². The number of anilines is 3. The molecular weight excluding hydrogens is 1700 g/mol. The highest BCUT2D eigenvalue weighted by molar-refractivity contribution is 8.08. The summed E-state index contributed by atoms with van der Waals surface area (Å²) in [6, 6.07) is 46.8. The van der Waals surface area contributed by atoms with Gasteiger partial charge in [-0.25, -0.2) is 34.7 Å². The zero-order valence-electron chi connectivity index (χ0n) is 61.1. The molecular formula is C75H69Cl3N13O20P3S3. The zero-order valence-corrected chi connectivity index (χ0v) is 68.5. The van der Waals surface area contributed by atoms with Gasteiger partial charge in [0.25, 0.3) is 17.7 Å². The van der Waals surface area contributed by atoms with Crippen LogP contribution in [0.5, 0.6) is 17.2 Å². The molecule has 5 N–H and O–H groups in total. The van der Waals surface area contributed by atoms with Crippen molar-refractivity contribution in [3.63, 3.8) is 0 Å². The lowest BCUT2D eigenvalue weighted by Crippen LogP contribution is -2.43. The second kappa shape index (κ2) is 35.8. The normalized spacial score (nSPS) is 27.7. The smallest absolute Gasteiger partial charge is 0.381 e. The van der Waals surface area contributed by atoms with Crippen molar-refractivity contribution in [1.82, 2.24) is 48.6 Å². The fourth-order valence-corrected chi connectivity index (χ4v) is 20.6. The molecule has 3 amide bonds. The first kappa shape index (κ1) is 82.1. The predicted molar refractivity (Wildman–Crippen MR) is 435 cm³/mol. The summed E-state index contributed by atoms with van der Waals surface area (Å²) in [4.78, 5) is 80.8. The van der Waals surface area contributed by atoms with Gasteiger partial charge < -0.3 is 63.4 Å². The highest BCUT2D eigenvalue weighted by Gasteiger charge is 2.57. The van der Waals surface area contributed by atoms with Gasteiger partial charge in [0.15, 0.2) is 58.9 Å². The van der Waals surface area contributed by atoms with Crippen LogP contribution >= 0.6 is 55.0 Å². The molecule has 0 radical (unpaired) electrons. The van der Waals surface area contributed by atoms with Crippen molar-refractivity contribution in [2.24, 2.45) is 0 Å². The highest BCUT2D eigenvalue weighted by atomic mass is 35.5. The van der Waals surface area contributed by atoms with Crippen molar-refractivity contribution in [2.75, 3.05) is 42.4 Å². The van der Waals surface area contributed by atoms with E-state index in [0.717, 1.165) is 35.8 Å². The van der Waals surface area contributed by atoms with Gasteiger partial charge in [-0.2, -0.15) is 4.98 Å². The number of nitrogens with zero attached hydrogens (tertiary/aromatic N) is 10. The van der Waals surface area contributed by atoms with Crippen LogP contribution in [0.2, 0.25) is 15.1 Å². The average molecular weight is 1770 g/mol. The summed E-state index contributed by atoms with van der Waals surface area (Å²) in [6.07, 6.45) is 0.143. The number of para-hydroxylation sites is 3. The Hall–Kier alpha value is -8.59. The van der Waals surface area contributed by atoms with E-state index in [1.54, 1.807) is 149 Å². The number of benzene rings is 6. The van der Waals surface area contributed by atoms with Gasteiger partial charge in [-0.3, -0.25) is 55.2 Å². The van der Waals surface area contributed by atoms with Gasteiger partial charge >= 0.3 is 25.8 Å². The van der Waals surface area contributed by atoms with Gasteiger partial charge in [0.05, 0.1) is 47.5 Å². The van der Waals surface area contributed by atoms with Crippen LogP contribution in [0.3, 0.4) is 0 Å². The summed E-state index contributed by atoms with van der Waals surface area (Å²) in [6.45, 7) is -7.05. The first-order chi connectivity index (χ1) is 56.6. The van der Waals surface area contributed by atoms with E-state index in [4.69, 9.17) is 135 Å². The molecule has 11 aromatic rings. The summed E-state index contributed by atoms with van der Waals surface area (Å²) in [5.41, 5.74) is 3.30. The van der Waals surface area contributed by atoms with Crippen LogP contribution < -0.4 is 35.2 Å². The van der Waals surface area contributed by atoms with Crippen LogP contribution in [-0.2, 0) is 92.7 Å². The lowest BCUT2D eigenvalue weighted by atomic mass is 10.1. The standard InChI is InChI=1S/C28H27ClN5O7PS.C24H23ClN3O7PS.C23H19ClN5O6PS/c29-18-10-4-5-11-19(18)40-42(43)37-14-20-23(41-42)24(39-21-12-6-7-13-36-21)28(38-20)34-16-32-22-25(30-15-31-26(22)34)33-27(35)17-8-2-1-3-9-17;1-2-14-7-9-15(10-8-14)22(30)26-19-11-12-28(24(31)27-19)23-20(29)21-18(33-23)13-32-36(37,35-21)34-17-6-4-3-5-16(17)25;24-14-8-4-5-9-15(14)34-36(37)32-10-16-19(35-36)18(30)23(33-16)29-12-27-17-20(25-11-26-21(17)29)28-22(31)13-6-2-1-3-7-13/h1-5,8-11,15-16,20-21,23-24,28H,6-7,12-14H2,(H,30,31,33,35);3-12,18,20-21,23,29H,2,13H2,1H3,(H,26,27,30,31);1-9,11-12,16,18-19,23,30H,10H2,(H,25,26,28,31)/t20-,21?,23?,24?,28-,42?;18-,20?,21?,23-,36?;16-,18?,19?,23-,36?/m111/s1. The lowest BCUT2D eigenvalue weighted by Gasteiger charge is -2.36. The van der Waals surface area contributed by atoms with E-state index in [9.17, 15) is 29.4 Å². The first-order valence-electron chi connectivity index (χ1n) is 36.4. The molecule has 33 nitrogen and oxygen atoms in total. The molecule has 6 aromatic carbocycles. The van der Waals surface area contributed by atoms with Gasteiger partial charge in [0.1, 0.15) is 90.7 Å². The maximum Gasteiger partial charge on any atom is 0.381 e. The number of rotatable bonds is 18. The largest absolute Gasteiger partial charge is 0.423 e. The molecule has 42 heteroatoms. The minimum absolute atomic E-state index is 0.00685. The van der Waals surface area contributed by atoms with E-state index in [-0.39, 0.29) is 49.1 Å². The van der Waals surface area contributed by atoms with E-state index >= 15 is 0 Å². The molecule has 12 heterocycles. The number of imidazole rings is 2. The lowest BCUT2D eigenvalue weighted by molar-refractivity contribution is -0.213. The molecule has 7 aliphatic rings. The van der Waals surface area contributed by atoms with Gasteiger partial charge in [-0.05, 0) is 110 Å². The molecule has 608 valence electrons. The number of aliphatic hydroxyl groups is 2. The minimum Gasteiger partial charge on any atom is -0.423 e. The Labute approximate surface area is 696 Å². The van der Waals surface area contributed by atoms with Gasteiger partial charge in [-0.15, -0.1) is 0 Å². The topological polar surface area (TPSA) is 379 Å². The quantitative estimate of drug-likeness (QED) is 0.0498. The number of halogens is 3. The van der Waals surface area contributed by atoms with Crippen molar-refractivity contribution < 1.29 is 89.0 Å². The Morgan fingerprint density at radius 3 is 1.40 bits per heavy atom. The number of carbonyl (C=O) groups excluding carboxylic acids is 3. The van der Waals surface area contributed by atoms with Gasteiger partial charge in [0.2, 0.25) is 0 Å². The summed E-state index contributed by atoms with van der Waals surface area (Å²) in [5, 5.41) is 31.4. The Bertz CT molecular complexity index is 5700. The maximum absolute atomic E-state index is 12.9. The fraction of sp³-hybridized carbons (Fsp3) is 0.293. The predicted octanol–water partition coefficient (Wildman–Crippen LogP) is 12.7. The fourth-order valence-electron chi connectivity index (χ4n) is 13.4. The number of aromatic nitrogens is 10. The number of fused-ring (bicyclic) bond motifs is 5. The highest BCUT2D eigenvalue weighted by Crippen LogP contribution is 2.61. The van der Waals surface area contributed by atoms with Crippen molar-refractivity contribution in [3.05, 3.63) is 243 Å². The monoisotopic (exact) mass is 1770 g/mol. The van der Waals surface area contributed by atoms with Crippen molar-refractivity contribution in [1.29, 1.82) is 0 Å². The van der Waals surface area contributed by atoms with Crippen LogP contribution in [0, 0.1) is 0 Å². The molecule has 0 spiro atoms. The summed E-state index contributed by atoms with van der Waals surface area (Å²) in [7, 11) is 0. The molecule has 0 saturated carbocycles. The van der Waals surface area contributed by atoms with Crippen LogP contribution in [0.1, 0.15) is 81.5 Å². The van der Waals surface area contributed by atoms with E-state index in [0.29, 0.717) is 77.9 Å². The Morgan fingerprint density at radius 1 is 0.513 bits per heavy atom. The molecule has 7 saturated heterocycles. The summed E-state index contributed by atoms with van der Waals surface area (Å²) in [5.74, 6) is 0.515. The average Bonchev–Trinajstić information content (AvgIpc) is 1.61. The van der Waals surface area contributed by atoms with E-state index in [1.807, 2.05) is 31.2 Å². The van der Waals surface area contributed by atoms with E-state index in [1.165, 1.54) is 31.2 Å². The molecule has 0 bridgehead atoms. The number of hydrogen-bond donors (Lipinski definition) is 5. The van der Waals surface area contributed by atoms with Crippen molar-refractivity contribution in [3.8, 4) is 17.2 Å². The molecule has 7 aliphatic heterocycles. The summed E-state index contributed by atoms with van der Waals surface area (Å²) >= 11 is 35.4. The zero-order chi connectivity index (χ0) is 81.1. The van der Waals surface area contributed by atoms with Crippen LogP contribution in [-0.4, -0.2) is 164 Å². The molecule has 0 aliphatic carbocycles. The minimum atomic E-state index is -3.30. The molecule has 16 atom stereocenters. The summed E-state index contributed by atoms with van der Waals surface area (Å²) < 4.78 is 88.4. The maximum atomic E-state index is 12.9. The third kappa shape index (κ3) is 18.3. The van der Waals surface area contributed by atoms with Crippen molar-refractivity contribution in [2.45, 2.75) is 113 Å². The third-order valence-corrected chi connectivity index (χ3v) is 26.7. The van der Waals surface area contributed by atoms with Crippen LogP contribution in [0.4, 0.5) is 17.5 Å². The first-order valence-corrected chi connectivity index (χ1v) is 45.2. The Morgan fingerprint density at radius 2 is 0.940 bits per heavy atom. The number of hydrogen-bond acceptors (Lipinski definition) is 30. The van der Waals surface area contributed by atoms with Crippen LogP contribution in [0.15, 0.2) is 200 Å².